The fourth-order valence-electron chi connectivity index (χ4n) is 2.15. The average molecular weight is 290 g/mol. The Labute approximate surface area is 120 Å². The molecule has 0 aliphatic rings. The standard InChI is InChI=1S/C14H12ClN3S/c15-11-4-1-5-12-13(11)17-14(19)18(12)8-6-10-3-2-7-16-9-10/h1-5,7,9H,6,8H2,(H,17,19). The van der Waals surface area contributed by atoms with Crippen LogP contribution < -0.4 is 0 Å². The molecule has 1 aromatic carbocycles. The van der Waals surface area contributed by atoms with E-state index in [0.717, 1.165) is 24.0 Å². The maximum absolute atomic E-state index is 6.16. The Hall–Kier alpha value is -1.65. The fraction of sp³-hybridized carbons (Fsp3) is 0.143. The molecule has 0 saturated carbocycles. The van der Waals surface area contributed by atoms with Crippen molar-refractivity contribution in [2.24, 2.45) is 0 Å². The number of nitrogens with zero attached hydrogens (tertiary/aromatic N) is 2. The Morgan fingerprint density at radius 2 is 2.16 bits per heavy atom. The van der Waals surface area contributed by atoms with Crippen molar-refractivity contribution >= 4 is 34.9 Å². The van der Waals surface area contributed by atoms with Crippen LogP contribution in [0, 0.1) is 4.77 Å². The van der Waals surface area contributed by atoms with Crippen molar-refractivity contribution in [3.63, 3.8) is 0 Å². The summed E-state index contributed by atoms with van der Waals surface area (Å²) in [6.45, 7) is 0.810. The SMILES string of the molecule is S=c1[nH]c2c(Cl)cccc2n1CCc1cccnc1. The number of fused-ring (bicyclic) bond motifs is 1. The number of rotatable bonds is 3. The molecule has 0 saturated heterocycles. The number of imidazole rings is 1. The van der Waals surface area contributed by atoms with E-state index >= 15 is 0 Å². The van der Waals surface area contributed by atoms with Crippen molar-refractivity contribution in [3.05, 3.63) is 58.1 Å². The van der Waals surface area contributed by atoms with E-state index in [1.807, 2.05) is 30.5 Å². The predicted molar refractivity (Wildman–Crippen MR) is 80.1 cm³/mol. The lowest BCUT2D eigenvalue weighted by molar-refractivity contribution is 0.705. The van der Waals surface area contributed by atoms with E-state index in [2.05, 4.69) is 20.6 Å². The Morgan fingerprint density at radius 3 is 2.95 bits per heavy atom. The van der Waals surface area contributed by atoms with Crippen LogP contribution in [0.3, 0.4) is 0 Å². The van der Waals surface area contributed by atoms with Gasteiger partial charge in [-0.25, -0.2) is 0 Å². The third-order valence-electron chi connectivity index (χ3n) is 3.11. The van der Waals surface area contributed by atoms with E-state index in [4.69, 9.17) is 23.8 Å². The van der Waals surface area contributed by atoms with Crippen LogP contribution in [-0.2, 0) is 13.0 Å². The molecule has 2 aromatic heterocycles. The minimum absolute atomic E-state index is 0.698. The highest BCUT2D eigenvalue weighted by Crippen LogP contribution is 2.22. The highest BCUT2D eigenvalue weighted by atomic mass is 35.5. The van der Waals surface area contributed by atoms with Crippen LogP contribution in [-0.4, -0.2) is 14.5 Å². The lowest BCUT2D eigenvalue weighted by Gasteiger charge is -2.04. The number of aryl methyl sites for hydroxylation is 2. The third kappa shape index (κ3) is 2.41. The quantitative estimate of drug-likeness (QED) is 0.740. The van der Waals surface area contributed by atoms with Gasteiger partial charge in [0.05, 0.1) is 16.1 Å². The van der Waals surface area contributed by atoms with E-state index in [9.17, 15) is 0 Å². The number of para-hydroxylation sites is 1. The summed E-state index contributed by atoms with van der Waals surface area (Å²) in [6, 6.07) is 9.84. The third-order valence-corrected chi connectivity index (χ3v) is 3.74. The minimum atomic E-state index is 0.698. The summed E-state index contributed by atoms with van der Waals surface area (Å²) in [5.41, 5.74) is 3.14. The van der Waals surface area contributed by atoms with E-state index in [-0.39, 0.29) is 0 Å². The Balaban J connectivity index is 1.95. The van der Waals surface area contributed by atoms with Crippen molar-refractivity contribution in [1.29, 1.82) is 0 Å². The van der Waals surface area contributed by atoms with Gasteiger partial charge >= 0.3 is 0 Å². The Kier molecular flexibility index (Phi) is 3.36. The van der Waals surface area contributed by atoms with E-state index < -0.39 is 0 Å². The fourth-order valence-corrected chi connectivity index (χ4v) is 2.66. The minimum Gasteiger partial charge on any atom is -0.329 e. The maximum atomic E-state index is 6.16. The van der Waals surface area contributed by atoms with Gasteiger partial charge < -0.3 is 9.55 Å². The monoisotopic (exact) mass is 289 g/mol. The van der Waals surface area contributed by atoms with Crippen LogP contribution in [0.1, 0.15) is 5.56 Å². The average Bonchev–Trinajstić information content (AvgIpc) is 2.75. The van der Waals surface area contributed by atoms with Crippen LogP contribution in [0.15, 0.2) is 42.7 Å². The van der Waals surface area contributed by atoms with Gasteiger partial charge in [-0.05, 0) is 42.4 Å². The van der Waals surface area contributed by atoms with Gasteiger partial charge in [0, 0.05) is 18.9 Å². The van der Waals surface area contributed by atoms with E-state index in [1.165, 1.54) is 5.56 Å². The maximum Gasteiger partial charge on any atom is 0.178 e. The summed E-state index contributed by atoms with van der Waals surface area (Å²) >= 11 is 11.5. The zero-order chi connectivity index (χ0) is 13.2. The zero-order valence-electron chi connectivity index (χ0n) is 10.1. The van der Waals surface area contributed by atoms with Gasteiger partial charge in [0.25, 0.3) is 0 Å². The molecule has 3 nitrogen and oxygen atoms in total. The summed E-state index contributed by atoms with van der Waals surface area (Å²) in [5.74, 6) is 0. The molecule has 3 aromatic rings. The number of pyridine rings is 1. The molecule has 0 aliphatic heterocycles. The Morgan fingerprint density at radius 1 is 1.26 bits per heavy atom. The van der Waals surface area contributed by atoms with Crippen LogP contribution in [0.4, 0.5) is 0 Å². The first-order chi connectivity index (χ1) is 9.25. The molecule has 0 radical (unpaired) electrons. The number of aromatic nitrogens is 3. The van der Waals surface area contributed by atoms with Gasteiger partial charge in [0.1, 0.15) is 0 Å². The Bertz CT molecular complexity index is 761. The van der Waals surface area contributed by atoms with Crippen LogP contribution >= 0.6 is 23.8 Å². The summed E-state index contributed by atoms with van der Waals surface area (Å²) in [4.78, 5) is 7.28. The van der Waals surface area contributed by atoms with Gasteiger partial charge in [-0.3, -0.25) is 4.98 Å². The van der Waals surface area contributed by atoms with E-state index in [0.29, 0.717) is 9.79 Å². The second-order valence-electron chi connectivity index (χ2n) is 4.33. The summed E-state index contributed by atoms with van der Waals surface area (Å²) < 4.78 is 2.77. The van der Waals surface area contributed by atoms with Crippen LogP contribution in [0.25, 0.3) is 11.0 Å². The molecule has 0 fully saturated rings. The first-order valence-electron chi connectivity index (χ1n) is 6.01. The molecule has 96 valence electrons. The van der Waals surface area contributed by atoms with Crippen molar-refractivity contribution in [2.75, 3.05) is 0 Å². The summed E-state index contributed by atoms with van der Waals surface area (Å²) in [6.07, 6.45) is 4.55. The number of aromatic amines is 1. The largest absolute Gasteiger partial charge is 0.329 e. The molecular weight excluding hydrogens is 278 g/mol. The smallest absolute Gasteiger partial charge is 0.178 e. The number of halogens is 1. The number of benzene rings is 1. The van der Waals surface area contributed by atoms with Crippen molar-refractivity contribution in [3.8, 4) is 0 Å². The lowest BCUT2D eigenvalue weighted by atomic mass is 10.2. The van der Waals surface area contributed by atoms with E-state index in [1.54, 1.807) is 6.20 Å². The van der Waals surface area contributed by atoms with Gasteiger partial charge in [0.2, 0.25) is 0 Å². The van der Waals surface area contributed by atoms with Crippen LogP contribution in [0.5, 0.6) is 0 Å². The number of hydrogen-bond donors (Lipinski definition) is 1. The van der Waals surface area contributed by atoms with Crippen molar-refractivity contribution in [1.82, 2.24) is 14.5 Å². The number of hydrogen-bond acceptors (Lipinski definition) is 2. The molecule has 0 spiro atoms. The number of H-pyrrole nitrogens is 1. The molecule has 0 atom stereocenters. The van der Waals surface area contributed by atoms with Crippen LogP contribution in [0.2, 0.25) is 5.02 Å². The molecule has 0 aliphatic carbocycles. The van der Waals surface area contributed by atoms with Gasteiger partial charge in [-0.2, -0.15) is 0 Å². The predicted octanol–water partition coefficient (Wildman–Crippen LogP) is 3.99. The highest BCUT2D eigenvalue weighted by Gasteiger charge is 2.06. The topological polar surface area (TPSA) is 33.6 Å². The first kappa shape index (κ1) is 12.4. The van der Waals surface area contributed by atoms with Crippen molar-refractivity contribution in [2.45, 2.75) is 13.0 Å². The second kappa shape index (κ2) is 5.15. The molecule has 0 amide bonds. The van der Waals surface area contributed by atoms with Gasteiger partial charge in [-0.1, -0.05) is 23.7 Å². The molecule has 0 unspecified atom stereocenters. The molecule has 0 bridgehead atoms. The normalized spacial score (nSPS) is 11.0. The van der Waals surface area contributed by atoms with Gasteiger partial charge in [0.15, 0.2) is 4.77 Å². The first-order valence-corrected chi connectivity index (χ1v) is 6.80. The van der Waals surface area contributed by atoms with Crippen molar-refractivity contribution < 1.29 is 0 Å². The molecule has 2 heterocycles. The second-order valence-corrected chi connectivity index (χ2v) is 5.12. The summed E-state index contributed by atoms with van der Waals surface area (Å²) in [7, 11) is 0. The lowest BCUT2D eigenvalue weighted by Crippen LogP contribution is -2.01. The molecule has 5 heteroatoms. The molecule has 3 rings (SSSR count). The molecule has 19 heavy (non-hydrogen) atoms. The van der Waals surface area contributed by atoms with Gasteiger partial charge in [-0.15, -0.1) is 0 Å². The zero-order valence-corrected chi connectivity index (χ0v) is 11.7. The highest BCUT2D eigenvalue weighted by molar-refractivity contribution is 7.71. The summed E-state index contributed by atoms with van der Waals surface area (Å²) in [5, 5.41) is 0.698. The molecular formula is C14H12ClN3S. The molecule has 1 N–H and O–H groups in total. The number of nitrogens with one attached hydrogen (secondary N) is 1.